The molecule has 118 valence electrons. The van der Waals surface area contributed by atoms with E-state index in [1.165, 1.54) is 0 Å². The van der Waals surface area contributed by atoms with Gasteiger partial charge in [0.05, 0.1) is 6.42 Å². The van der Waals surface area contributed by atoms with Crippen molar-refractivity contribution >= 4 is 16.9 Å². The highest BCUT2D eigenvalue weighted by atomic mass is 32.2. The standard InChI is InChI=1S/C14H15F5OS/c15-11(12(16)9-14(17,18)19)7-4-8-21-13(20)10-5-2-1-3-6-10/h1-3,5-6,11-12H,4,7-9H2. The second-order valence-electron chi connectivity index (χ2n) is 4.50. The molecule has 0 aromatic heterocycles. The fourth-order valence-corrected chi connectivity index (χ4v) is 2.43. The number of halogens is 5. The van der Waals surface area contributed by atoms with Crippen molar-refractivity contribution in [3.63, 3.8) is 0 Å². The Morgan fingerprint density at radius 3 is 2.29 bits per heavy atom. The minimum atomic E-state index is -4.71. The topological polar surface area (TPSA) is 17.1 Å². The van der Waals surface area contributed by atoms with Crippen LogP contribution in [-0.4, -0.2) is 29.4 Å². The molecule has 0 aliphatic carbocycles. The van der Waals surface area contributed by atoms with Gasteiger partial charge < -0.3 is 0 Å². The van der Waals surface area contributed by atoms with Crippen molar-refractivity contribution in [2.45, 2.75) is 37.8 Å². The predicted octanol–water partition coefficient (Wildman–Crippen LogP) is 4.97. The first-order valence-electron chi connectivity index (χ1n) is 6.36. The van der Waals surface area contributed by atoms with Gasteiger partial charge in [0.2, 0.25) is 5.12 Å². The highest BCUT2D eigenvalue weighted by Crippen LogP contribution is 2.27. The summed E-state index contributed by atoms with van der Waals surface area (Å²) in [5.74, 6) is 0.243. The van der Waals surface area contributed by atoms with Crippen LogP contribution in [0.2, 0.25) is 0 Å². The van der Waals surface area contributed by atoms with Crippen LogP contribution in [-0.2, 0) is 0 Å². The number of carbonyl (C=O) groups is 1. The molecule has 0 radical (unpaired) electrons. The van der Waals surface area contributed by atoms with Crippen LogP contribution < -0.4 is 0 Å². The van der Waals surface area contributed by atoms with Gasteiger partial charge >= 0.3 is 6.18 Å². The fraction of sp³-hybridized carbons (Fsp3) is 0.500. The molecule has 0 amide bonds. The van der Waals surface area contributed by atoms with E-state index < -0.39 is 24.9 Å². The Kier molecular flexibility index (Phi) is 7.14. The lowest BCUT2D eigenvalue weighted by atomic mass is 10.1. The Morgan fingerprint density at radius 2 is 1.71 bits per heavy atom. The first-order chi connectivity index (χ1) is 9.79. The average molecular weight is 326 g/mol. The highest BCUT2D eigenvalue weighted by molar-refractivity contribution is 8.14. The van der Waals surface area contributed by atoms with Crippen LogP contribution in [0.5, 0.6) is 0 Å². The predicted molar refractivity (Wildman–Crippen MR) is 72.9 cm³/mol. The highest BCUT2D eigenvalue weighted by Gasteiger charge is 2.35. The SMILES string of the molecule is O=C(SCCCC(F)C(F)CC(F)(F)F)c1ccccc1. The Morgan fingerprint density at radius 1 is 1.10 bits per heavy atom. The van der Waals surface area contributed by atoms with E-state index in [-0.39, 0.29) is 23.7 Å². The number of hydrogen-bond acceptors (Lipinski definition) is 2. The number of thioether (sulfide) groups is 1. The zero-order chi connectivity index (χ0) is 15.9. The molecule has 0 saturated carbocycles. The summed E-state index contributed by atoms with van der Waals surface area (Å²) in [5, 5.41) is -0.196. The zero-order valence-electron chi connectivity index (χ0n) is 11.1. The summed E-state index contributed by atoms with van der Waals surface area (Å²) < 4.78 is 61.9. The first kappa shape index (κ1) is 17.9. The third kappa shape index (κ3) is 7.45. The fourth-order valence-electron chi connectivity index (χ4n) is 1.63. The van der Waals surface area contributed by atoms with Crippen LogP contribution in [0.1, 0.15) is 29.6 Å². The van der Waals surface area contributed by atoms with E-state index in [4.69, 9.17) is 0 Å². The van der Waals surface area contributed by atoms with Crippen molar-refractivity contribution < 1.29 is 26.7 Å². The van der Waals surface area contributed by atoms with Crippen LogP contribution in [0.15, 0.2) is 30.3 Å². The van der Waals surface area contributed by atoms with Crippen LogP contribution in [0.4, 0.5) is 22.0 Å². The number of hydrogen-bond donors (Lipinski definition) is 0. The lowest BCUT2D eigenvalue weighted by Gasteiger charge is -2.15. The molecule has 0 heterocycles. The van der Waals surface area contributed by atoms with Gasteiger partial charge in [0.15, 0.2) is 0 Å². The third-order valence-corrected chi connectivity index (χ3v) is 3.68. The summed E-state index contributed by atoms with van der Waals surface area (Å²) in [6.07, 6.45) is -11.4. The van der Waals surface area contributed by atoms with Crippen molar-refractivity contribution in [2.24, 2.45) is 0 Å². The molecule has 0 aliphatic heterocycles. The number of rotatable bonds is 7. The maximum Gasteiger partial charge on any atom is 0.392 e. The van der Waals surface area contributed by atoms with E-state index in [2.05, 4.69) is 0 Å². The molecule has 21 heavy (non-hydrogen) atoms. The van der Waals surface area contributed by atoms with Gasteiger partial charge in [-0.15, -0.1) is 0 Å². The van der Waals surface area contributed by atoms with Gasteiger partial charge in [-0.3, -0.25) is 4.79 Å². The Labute approximate surface area is 123 Å². The molecule has 1 nitrogen and oxygen atoms in total. The summed E-state index contributed by atoms with van der Waals surface area (Å²) in [6, 6.07) is 8.44. The van der Waals surface area contributed by atoms with Crippen molar-refractivity contribution in [2.75, 3.05) is 5.75 Å². The molecule has 0 bridgehead atoms. The van der Waals surface area contributed by atoms with Gasteiger partial charge in [-0.05, 0) is 12.8 Å². The lowest BCUT2D eigenvalue weighted by molar-refractivity contribution is -0.151. The summed E-state index contributed by atoms with van der Waals surface area (Å²) >= 11 is 0.946. The first-order valence-corrected chi connectivity index (χ1v) is 7.35. The van der Waals surface area contributed by atoms with Crippen molar-refractivity contribution in [3.8, 4) is 0 Å². The maximum absolute atomic E-state index is 13.2. The summed E-state index contributed by atoms with van der Waals surface area (Å²) in [4.78, 5) is 11.7. The summed E-state index contributed by atoms with van der Waals surface area (Å²) in [5.41, 5.74) is 0.500. The van der Waals surface area contributed by atoms with Crippen molar-refractivity contribution in [1.29, 1.82) is 0 Å². The van der Waals surface area contributed by atoms with Crippen LogP contribution in [0.3, 0.4) is 0 Å². The maximum atomic E-state index is 13.2. The second-order valence-corrected chi connectivity index (χ2v) is 5.56. The largest absolute Gasteiger partial charge is 0.392 e. The molecule has 0 saturated heterocycles. The molecule has 1 aromatic rings. The monoisotopic (exact) mass is 326 g/mol. The Bertz CT molecular complexity index is 435. The zero-order valence-corrected chi connectivity index (χ0v) is 11.9. The number of benzene rings is 1. The average Bonchev–Trinajstić information content (AvgIpc) is 2.42. The third-order valence-electron chi connectivity index (χ3n) is 2.69. The van der Waals surface area contributed by atoms with Gasteiger partial charge in [-0.1, -0.05) is 42.1 Å². The van der Waals surface area contributed by atoms with Gasteiger partial charge in [0, 0.05) is 11.3 Å². The van der Waals surface area contributed by atoms with E-state index >= 15 is 0 Å². The smallest absolute Gasteiger partial charge is 0.282 e. The minimum Gasteiger partial charge on any atom is -0.282 e. The molecule has 0 spiro atoms. The number of alkyl halides is 5. The van der Waals surface area contributed by atoms with E-state index in [0.717, 1.165) is 11.8 Å². The molecule has 2 unspecified atom stereocenters. The molecular formula is C14H15F5OS. The lowest BCUT2D eigenvalue weighted by Crippen LogP contribution is -2.24. The molecule has 7 heteroatoms. The molecular weight excluding hydrogens is 311 g/mol. The summed E-state index contributed by atoms with van der Waals surface area (Å²) in [6.45, 7) is 0. The normalized spacial score (nSPS) is 14.7. The van der Waals surface area contributed by atoms with Gasteiger partial charge in [0.25, 0.3) is 0 Å². The van der Waals surface area contributed by atoms with Gasteiger partial charge in [-0.25, -0.2) is 8.78 Å². The van der Waals surface area contributed by atoms with Crippen LogP contribution in [0.25, 0.3) is 0 Å². The quantitative estimate of drug-likeness (QED) is 0.520. The minimum absolute atomic E-state index is 0.142. The Hall–Kier alpha value is -1.11. The molecule has 0 fully saturated rings. The van der Waals surface area contributed by atoms with E-state index in [9.17, 15) is 26.7 Å². The molecule has 1 rings (SSSR count). The van der Waals surface area contributed by atoms with Crippen LogP contribution in [0, 0.1) is 0 Å². The molecule has 0 aliphatic rings. The second kappa shape index (κ2) is 8.36. The number of carbonyl (C=O) groups excluding carboxylic acids is 1. The van der Waals surface area contributed by atoms with Crippen molar-refractivity contribution in [1.82, 2.24) is 0 Å². The Balaban J connectivity index is 2.23. The van der Waals surface area contributed by atoms with Crippen LogP contribution >= 0.6 is 11.8 Å². The molecule has 2 atom stereocenters. The van der Waals surface area contributed by atoms with Gasteiger partial charge in [-0.2, -0.15) is 13.2 Å². The van der Waals surface area contributed by atoms with Crippen molar-refractivity contribution in [3.05, 3.63) is 35.9 Å². The summed E-state index contributed by atoms with van der Waals surface area (Å²) in [7, 11) is 0. The van der Waals surface area contributed by atoms with Gasteiger partial charge in [0.1, 0.15) is 12.3 Å². The molecule has 0 N–H and O–H groups in total. The molecule has 1 aromatic carbocycles. The van der Waals surface area contributed by atoms with E-state index in [0.29, 0.717) is 5.56 Å². The van der Waals surface area contributed by atoms with E-state index in [1.54, 1.807) is 30.3 Å². The van der Waals surface area contributed by atoms with E-state index in [1.807, 2.05) is 0 Å².